The van der Waals surface area contributed by atoms with Crippen molar-refractivity contribution >= 4 is 0 Å². The lowest BCUT2D eigenvalue weighted by atomic mass is 10.0. The average molecular weight is 1190 g/mol. The molecule has 12 aromatic rings. The largest absolute Gasteiger partial charge is 0.253 e. The molecule has 1 unspecified atom stereocenters. The van der Waals surface area contributed by atoms with Crippen LogP contribution in [0.4, 0.5) is 0 Å². The molecule has 0 saturated heterocycles. The summed E-state index contributed by atoms with van der Waals surface area (Å²) in [5, 5.41) is 0. The summed E-state index contributed by atoms with van der Waals surface area (Å²) < 4.78 is 64.3. The van der Waals surface area contributed by atoms with Crippen molar-refractivity contribution in [3.8, 4) is 90.1 Å². The summed E-state index contributed by atoms with van der Waals surface area (Å²) in [6, 6.07) is 64.4. The molecule has 0 aliphatic rings. The van der Waals surface area contributed by atoms with Crippen LogP contribution in [0.5, 0.6) is 0 Å². The summed E-state index contributed by atoms with van der Waals surface area (Å²) in [7, 11) is 8.12. The molecule has 0 fully saturated rings. The topological polar surface area (TPSA) is 92.9 Å². The summed E-state index contributed by atoms with van der Waals surface area (Å²) in [5.41, 5.74) is 22.2. The molecule has 0 saturated carbocycles. The first-order chi connectivity index (χ1) is 46.1. The van der Waals surface area contributed by atoms with Crippen LogP contribution in [0.1, 0.15) is 95.3 Å². The highest BCUT2D eigenvalue weighted by atomic mass is 14.9. The second-order valence-electron chi connectivity index (χ2n) is 22.7. The molecule has 10 heteroatoms. The fourth-order valence-electron chi connectivity index (χ4n) is 10.7. The van der Waals surface area contributed by atoms with Gasteiger partial charge in [-0.25, -0.2) is 38.2 Å². The monoisotopic (exact) mass is 1190 g/mol. The summed E-state index contributed by atoms with van der Waals surface area (Å²) in [6.07, 6.45) is 10.9. The van der Waals surface area contributed by atoms with Gasteiger partial charge in [0.1, 0.15) is 39.8 Å². The highest BCUT2D eigenvalue weighted by molar-refractivity contribution is 5.68. The molecule has 10 nitrogen and oxygen atoms in total. The van der Waals surface area contributed by atoms with E-state index in [0.29, 0.717) is 11.4 Å². The Morgan fingerprint density at radius 2 is 0.767 bits per heavy atom. The predicted molar refractivity (Wildman–Crippen MR) is 366 cm³/mol. The number of hydrogen-bond donors (Lipinski definition) is 0. The number of benzene rings is 4. The smallest absolute Gasteiger partial charge is 0.212 e. The number of pyridine rings is 6. The van der Waals surface area contributed by atoms with Crippen LogP contribution in [0, 0.1) is 40.5 Å². The summed E-state index contributed by atoms with van der Waals surface area (Å²) in [5.74, 6) is -1.37. The minimum atomic E-state index is -2.45. The Labute approximate surface area is 544 Å². The lowest BCUT2D eigenvalue weighted by Crippen LogP contribution is -2.30. The maximum atomic E-state index is 8.30. The Morgan fingerprint density at radius 3 is 1.13 bits per heavy atom. The van der Waals surface area contributed by atoms with Crippen molar-refractivity contribution in [3.63, 3.8) is 0 Å². The van der Waals surface area contributed by atoms with Crippen molar-refractivity contribution in [3.05, 3.63) is 277 Å². The zero-order valence-electron chi connectivity index (χ0n) is 61.1. The summed E-state index contributed by atoms with van der Waals surface area (Å²) in [4.78, 5) is 26.5. The van der Waals surface area contributed by atoms with Crippen LogP contribution in [0.15, 0.2) is 231 Å². The molecule has 0 N–H and O–H groups in total. The molecule has 0 amide bonds. The summed E-state index contributed by atoms with van der Waals surface area (Å²) in [6.45, 7) is 14.5. The van der Waals surface area contributed by atoms with Crippen molar-refractivity contribution in [1.82, 2.24) is 29.9 Å². The van der Waals surface area contributed by atoms with Crippen LogP contribution in [-0.2, 0) is 41.0 Å². The van der Waals surface area contributed by atoms with E-state index in [1.54, 1.807) is 44.3 Å². The van der Waals surface area contributed by atoms with Gasteiger partial charge in [0.25, 0.3) is 0 Å². The van der Waals surface area contributed by atoms with E-state index in [0.717, 1.165) is 68.7 Å². The maximum Gasteiger partial charge on any atom is 0.212 e. The molecular weight excluding hydrogens is 1100 g/mol. The molecule has 90 heavy (non-hydrogen) atoms. The van der Waals surface area contributed by atoms with Crippen LogP contribution in [-0.4, -0.2) is 29.9 Å². The van der Waals surface area contributed by atoms with Gasteiger partial charge < -0.3 is 0 Å². The fourth-order valence-corrected chi connectivity index (χ4v) is 10.7. The molecule has 0 aliphatic carbocycles. The van der Waals surface area contributed by atoms with Gasteiger partial charge in [-0.1, -0.05) is 119 Å². The first kappa shape index (κ1) is 55.3. The van der Waals surface area contributed by atoms with Crippen LogP contribution < -0.4 is 18.3 Å². The number of aryl methyl sites for hydroxylation is 10. The molecule has 0 bridgehead atoms. The molecule has 0 aliphatic heterocycles. The molecular formula is C80H86N10+4. The zero-order valence-corrected chi connectivity index (χ0v) is 54.1. The van der Waals surface area contributed by atoms with Crippen molar-refractivity contribution < 1.29 is 27.9 Å². The third-order valence-electron chi connectivity index (χ3n) is 15.5. The molecule has 4 aromatic carbocycles. The van der Waals surface area contributed by atoms with E-state index in [1.807, 2.05) is 111 Å². The Balaban J connectivity index is 0.000000152. The molecule has 452 valence electrons. The Hall–Kier alpha value is -10.1. The third kappa shape index (κ3) is 16.4. The number of aromatic nitrogens is 10. The molecule has 8 aromatic heterocycles. The first-order valence-corrected chi connectivity index (χ1v) is 30.4. The number of nitrogens with zero attached hydrogens (tertiary/aromatic N) is 10. The predicted octanol–water partition coefficient (Wildman–Crippen LogP) is 16.2. The second-order valence-corrected chi connectivity index (χ2v) is 22.7. The van der Waals surface area contributed by atoms with Gasteiger partial charge in [0.05, 0.1) is 45.0 Å². The van der Waals surface area contributed by atoms with E-state index < -0.39 is 25.0 Å². The Kier molecular flexibility index (Phi) is 18.6. The van der Waals surface area contributed by atoms with E-state index in [1.165, 1.54) is 57.3 Å². The van der Waals surface area contributed by atoms with Gasteiger partial charge in [-0.15, -0.1) is 0 Å². The normalized spacial score (nSPS) is 13.1. The first-order valence-electron chi connectivity index (χ1n) is 33.9. The Morgan fingerprint density at radius 1 is 0.400 bits per heavy atom. The molecule has 12 rings (SSSR count). The van der Waals surface area contributed by atoms with Gasteiger partial charge in [0.15, 0.2) is 24.8 Å². The molecule has 8 heterocycles. The van der Waals surface area contributed by atoms with Crippen LogP contribution >= 0.6 is 0 Å². The maximum absolute atomic E-state index is 8.30. The van der Waals surface area contributed by atoms with Gasteiger partial charge in [0.2, 0.25) is 22.8 Å². The average Bonchev–Trinajstić information content (AvgIpc) is 0.822. The van der Waals surface area contributed by atoms with Gasteiger partial charge >= 0.3 is 0 Å². The van der Waals surface area contributed by atoms with Gasteiger partial charge in [0, 0.05) is 86.3 Å². The fraction of sp³-hybridized carbons (Fsp3) is 0.225. The van der Waals surface area contributed by atoms with Crippen molar-refractivity contribution in [2.75, 3.05) is 0 Å². The van der Waals surface area contributed by atoms with Gasteiger partial charge in [-0.05, 0) is 160 Å². The second kappa shape index (κ2) is 30.2. The van der Waals surface area contributed by atoms with E-state index in [-0.39, 0.29) is 11.4 Å². The number of hydrogen-bond acceptors (Lipinski definition) is 6. The number of rotatable bonds is 12. The minimum absolute atomic E-state index is 0.241. The van der Waals surface area contributed by atoms with E-state index in [9.17, 15) is 0 Å². The SMILES string of the molecule is CCc1nccc(-c2ccc(-c3ccccc3C)[n+](C)c2)n1.Cc1nccc(-c2ccc(-c3ccccc3C)[n+](C)c2)n1.[2H]C(C)(C)C([2H])([2H])c1cccc(-c2ccc(-c3ccccc3C)[n+](C)c2)n1.[2H]C([2H])([2H])C([2H])(C)c1cccc(-c2ccc(-c3ccccc3C)[n+](C)c2)n1. The van der Waals surface area contributed by atoms with Crippen LogP contribution in [0.25, 0.3) is 90.1 Å². The van der Waals surface area contributed by atoms with Crippen molar-refractivity contribution in [2.24, 2.45) is 34.1 Å². The van der Waals surface area contributed by atoms with Crippen LogP contribution in [0.2, 0.25) is 0 Å². The van der Waals surface area contributed by atoms with Crippen LogP contribution in [0.3, 0.4) is 0 Å². The third-order valence-corrected chi connectivity index (χ3v) is 15.5. The molecule has 0 radical (unpaired) electrons. The molecule has 1 atom stereocenters. The van der Waals surface area contributed by atoms with E-state index in [2.05, 4.69) is 208 Å². The quantitative estimate of drug-likeness (QED) is 0.113. The Bertz CT molecular complexity index is 4590. The van der Waals surface area contributed by atoms with E-state index >= 15 is 0 Å². The van der Waals surface area contributed by atoms with Gasteiger partial charge in [-0.3, -0.25) is 9.97 Å². The van der Waals surface area contributed by atoms with Gasteiger partial charge in [-0.2, -0.15) is 0 Å². The standard InChI is InChI=1S/C22H25N2.C21H23N2.C19H20N3.C18H18N3/c1-16(2)14-19-9-7-11-21(23-19)18-12-13-22(24(4)15-18)20-10-6-5-8-17(20)3;1-15(2)19-10-7-11-20(22-19)17-12-13-21(23(4)14-17)18-9-6-5-8-16(18)3;1-4-19-20-12-11-17(21-19)15-9-10-18(22(3)13-15)16-8-6-5-7-14(16)2;1-13-6-4-5-7-16(13)18-9-8-15(12-21(18)3)17-10-11-19-14(2)20-17/h5-13,15-16H,14H2,1-4H3;5-15H,1-4H3;5-13H,4H2,1-3H3;4-12H,1-3H3/q4*+1/i14D2,16D;1D3,15D;;. The zero-order chi connectivity index (χ0) is 70.0. The van der Waals surface area contributed by atoms with Crippen molar-refractivity contribution in [1.29, 1.82) is 0 Å². The minimum Gasteiger partial charge on any atom is -0.253 e. The highest BCUT2D eigenvalue weighted by Gasteiger charge is 2.19. The van der Waals surface area contributed by atoms with Crippen molar-refractivity contribution in [2.45, 2.75) is 87.9 Å². The summed E-state index contributed by atoms with van der Waals surface area (Å²) >= 11 is 0. The lowest BCUT2D eigenvalue weighted by Gasteiger charge is -2.08. The molecule has 0 spiro atoms. The lowest BCUT2D eigenvalue weighted by molar-refractivity contribution is -0.660. The highest BCUT2D eigenvalue weighted by Crippen LogP contribution is 2.28. The van der Waals surface area contributed by atoms with E-state index in [4.69, 9.17) is 9.60 Å².